The molecule has 5 rings (SSSR count). The molecule has 1 aliphatic carbocycles. The van der Waals surface area contributed by atoms with E-state index in [1.165, 1.54) is 24.8 Å². The number of ether oxygens (including phenoxy) is 1. The number of nitrogens with one attached hydrogen (secondary N) is 2. The number of hydrogen-bond donors (Lipinski definition) is 2. The second-order valence-electron chi connectivity index (χ2n) is 8.19. The molecular formula is C22H27N5O. The molecule has 146 valence electrons. The smallest absolute Gasteiger partial charge is 0.140 e. The summed E-state index contributed by atoms with van der Waals surface area (Å²) in [5.74, 6) is 3.15. The van der Waals surface area contributed by atoms with Gasteiger partial charge in [-0.2, -0.15) is 0 Å². The predicted octanol–water partition coefficient (Wildman–Crippen LogP) is 3.69. The average molecular weight is 377 g/mol. The Balaban J connectivity index is 1.47. The van der Waals surface area contributed by atoms with Crippen LogP contribution in [0, 0.1) is 5.92 Å². The second kappa shape index (κ2) is 7.09. The Hall–Kier alpha value is -2.60. The Morgan fingerprint density at radius 3 is 2.93 bits per heavy atom. The summed E-state index contributed by atoms with van der Waals surface area (Å²) in [6, 6.07) is 8.62. The Labute approximate surface area is 165 Å². The number of hydrogen-bond acceptors (Lipinski definition) is 5. The molecule has 3 aromatic heterocycles. The maximum Gasteiger partial charge on any atom is 0.140 e. The molecule has 1 saturated carbocycles. The third-order valence-electron chi connectivity index (χ3n) is 5.81. The summed E-state index contributed by atoms with van der Waals surface area (Å²) in [7, 11) is 1.74. The van der Waals surface area contributed by atoms with Gasteiger partial charge in [-0.25, -0.2) is 9.97 Å². The molecule has 1 aliphatic heterocycles. The topological polar surface area (TPSA) is 63.5 Å². The summed E-state index contributed by atoms with van der Waals surface area (Å²) in [6.45, 7) is 4.37. The van der Waals surface area contributed by atoms with Gasteiger partial charge >= 0.3 is 0 Å². The molecule has 0 amide bonds. The van der Waals surface area contributed by atoms with Crippen molar-refractivity contribution in [3.05, 3.63) is 42.2 Å². The van der Waals surface area contributed by atoms with Gasteiger partial charge in [-0.05, 0) is 49.8 Å². The third kappa shape index (κ3) is 3.33. The molecule has 2 aliphatic rings. The molecule has 0 spiro atoms. The van der Waals surface area contributed by atoms with Crippen LogP contribution >= 0.6 is 0 Å². The maximum atomic E-state index is 5.60. The quantitative estimate of drug-likeness (QED) is 0.710. The van der Waals surface area contributed by atoms with Crippen LogP contribution in [0.4, 0.5) is 5.82 Å². The number of nitrogens with zero attached hydrogens (tertiary/aromatic N) is 3. The molecule has 2 atom stereocenters. The van der Waals surface area contributed by atoms with Crippen molar-refractivity contribution >= 4 is 11.5 Å². The fourth-order valence-corrected chi connectivity index (χ4v) is 4.22. The van der Waals surface area contributed by atoms with Crippen LogP contribution in [0.2, 0.25) is 0 Å². The van der Waals surface area contributed by atoms with Crippen molar-refractivity contribution in [2.75, 3.05) is 25.5 Å². The van der Waals surface area contributed by atoms with Gasteiger partial charge in [0.2, 0.25) is 0 Å². The Morgan fingerprint density at radius 2 is 2.14 bits per heavy atom. The highest BCUT2D eigenvalue weighted by atomic mass is 16.5. The predicted molar refractivity (Wildman–Crippen MR) is 111 cm³/mol. The summed E-state index contributed by atoms with van der Waals surface area (Å²) in [4.78, 5) is 9.48. The molecule has 0 aromatic carbocycles. The zero-order chi connectivity index (χ0) is 19.1. The van der Waals surface area contributed by atoms with E-state index in [-0.39, 0.29) is 0 Å². The van der Waals surface area contributed by atoms with Crippen LogP contribution in [0.1, 0.15) is 37.7 Å². The number of anilines is 1. The maximum absolute atomic E-state index is 5.60. The highest BCUT2D eigenvalue weighted by molar-refractivity contribution is 5.64. The van der Waals surface area contributed by atoms with E-state index < -0.39 is 0 Å². The Bertz CT molecular complexity index is 994. The lowest BCUT2D eigenvalue weighted by molar-refractivity contribution is 0.378. The average Bonchev–Trinajstić information content (AvgIpc) is 3.47. The van der Waals surface area contributed by atoms with E-state index in [2.05, 4.69) is 45.3 Å². The van der Waals surface area contributed by atoms with Crippen LogP contribution in [0.25, 0.3) is 17.0 Å². The van der Waals surface area contributed by atoms with Crippen LogP contribution in [-0.2, 0) is 0 Å². The number of imidazole rings is 1. The molecule has 0 radical (unpaired) electrons. The standard InChI is InChI=1S/C22H27N5O/c1-14-8-16(11-23-10-14)25-21-5-3-4-18(26-21)19-12-24-22-9-20(28-2)17(13-27(19)22)15-6-7-15/h3-5,9,12-16,23H,6-8,10-11H2,1-2H3,(H,25,26). The molecular weight excluding hydrogens is 350 g/mol. The molecule has 3 aromatic rings. The lowest BCUT2D eigenvalue weighted by atomic mass is 9.98. The lowest BCUT2D eigenvalue weighted by Gasteiger charge is -2.28. The van der Waals surface area contributed by atoms with Crippen LogP contribution in [0.5, 0.6) is 5.75 Å². The number of fused-ring (bicyclic) bond motifs is 1. The first-order chi connectivity index (χ1) is 13.7. The minimum Gasteiger partial charge on any atom is -0.496 e. The third-order valence-corrected chi connectivity index (χ3v) is 5.81. The largest absolute Gasteiger partial charge is 0.496 e. The van der Waals surface area contributed by atoms with Crippen molar-refractivity contribution in [1.29, 1.82) is 0 Å². The Morgan fingerprint density at radius 1 is 1.25 bits per heavy atom. The number of aromatic nitrogens is 3. The van der Waals surface area contributed by atoms with Crippen molar-refractivity contribution in [2.45, 2.75) is 38.1 Å². The minimum absolute atomic E-state index is 0.416. The Kier molecular flexibility index (Phi) is 4.43. The van der Waals surface area contributed by atoms with Gasteiger partial charge in [0.15, 0.2) is 0 Å². The zero-order valence-electron chi connectivity index (χ0n) is 16.5. The van der Waals surface area contributed by atoms with Gasteiger partial charge in [0.05, 0.1) is 24.7 Å². The molecule has 2 unspecified atom stereocenters. The summed E-state index contributed by atoms with van der Waals surface area (Å²) in [5.41, 5.74) is 4.10. The molecule has 6 nitrogen and oxygen atoms in total. The summed E-state index contributed by atoms with van der Waals surface area (Å²) in [6.07, 6.45) is 7.72. The minimum atomic E-state index is 0.416. The highest BCUT2D eigenvalue weighted by Gasteiger charge is 2.28. The van der Waals surface area contributed by atoms with E-state index >= 15 is 0 Å². The van der Waals surface area contributed by atoms with Gasteiger partial charge in [-0.15, -0.1) is 0 Å². The van der Waals surface area contributed by atoms with Crippen LogP contribution in [0.3, 0.4) is 0 Å². The lowest BCUT2D eigenvalue weighted by Crippen LogP contribution is -2.42. The van der Waals surface area contributed by atoms with Gasteiger partial charge in [0, 0.05) is 30.4 Å². The first-order valence-corrected chi connectivity index (χ1v) is 10.2. The van der Waals surface area contributed by atoms with Crippen LogP contribution in [0.15, 0.2) is 36.7 Å². The molecule has 28 heavy (non-hydrogen) atoms. The van der Waals surface area contributed by atoms with E-state index in [4.69, 9.17) is 9.72 Å². The van der Waals surface area contributed by atoms with E-state index in [1.54, 1.807) is 7.11 Å². The summed E-state index contributed by atoms with van der Waals surface area (Å²) < 4.78 is 7.74. The van der Waals surface area contributed by atoms with E-state index in [0.29, 0.717) is 17.9 Å². The second-order valence-corrected chi connectivity index (χ2v) is 8.19. The fraction of sp³-hybridized carbons (Fsp3) is 0.455. The number of piperidine rings is 1. The zero-order valence-corrected chi connectivity index (χ0v) is 16.5. The van der Waals surface area contributed by atoms with E-state index in [1.807, 2.05) is 18.3 Å². The molecule has 2 N–H and O–H groups in total. The van der Waals surface area contributed by atoms with Crippen LogP contribution < -0.4 is 15.4 Å². The van der Waals surface area contributed by atoms with Crippen molar-refractivity contribution in [1.82, 2.24) is 19.7 Å². The van der Waals surface area contributed by atoms with Crippen LogP contribution in [-0.4, -0.2) is 40.6 Å². The van der Waals surface area contributed by atoms with Crippen molar-refractivity contribution in [3.63, 3.8) is 0 Å². The monoisotopic (exact) mass is 377 g/mol. The molecule has 2 fully saturated rings. The number of methoxy groups -OCH3 is 1. The van der Waals surface area contributed by atoms with Crippen molar-refractivity contribution in [2.24, 2.45) is 5.92 Å². The SMILES string of the molecule is COc1cc2ncc(-c3cccc(NC4CNCC(C)C4)n3)n2cc1C1CC1. The molecule has 0 bridgehead atoms. The molecule has 6 heteroatoms. The number of pyridine rings is 2. The van der Waals surface area contributed by atoms with Gasteiger partial charge in [-0.3, -0.25) is 4.40 Å². The highest BCUT2D eigenvalue weighted by Crippen LogP contribution is 2.44. The van der Waals surface area contributed by atoms with Gasteiger partial charge in [0.1, 0.15) is 17.2 Å². The summed E-state index contributed by atoms with van der Waals surface area (Å²) >= 11 is 0. The normalized spacial score (nSPS) is 22.4. The fourth-order valence-electron chi connectivity index (χ4n) is 4.22. The first-order valence-electron chi connectivity index (χ1n) is 10.2. The van der Waals surface area contributed by atoms with Crippen molar-refractivity contribution in [3.8, 4) is 17.1 Å². The van der Waals surface area contributed by atoms with Gasteiger partial charge in [0.25, 0.3) is 0 Å². The van der Waals surface area contributed by atoms with E-state index in [9.17, 15) is 0 Å². The van der Waals surface area contributed by atoms with Gasteiger partial charge < -0.3 is 15.4 Å². The molecule has 1 saturated heterocycles. The van der Waals surface area contributed by atoms with E-state index in [0.717, 1.165) is 41.7 Å². The van der Waals surface area contributed by atoms with Crippen molar-refractivity contribution < 1.29 is 4.74 Å². The number of rotatable bonds is 5. The summed E-state index contributed by atoms with van der Waals surface area (Å²) in [5, 5.41) is 7.08. The molecule has 4 heterocycles. The van der Waals surface area contributed by atoms with Gasteiger partial charge in [-0.1, -0.05) is 13.0 Å². The first kappa shape index (κ1) is 17.5.